The zero-order valence-corrected chi connectivity index (χ0v) is 12.3. The van der Waals surface area contributed by atoms with Gasteiger partial charge in [0.15, 0.2) is 0 Å². The van der Waals surface area contributed by atoms with Gasteiger partial charge in [-0.1, -0.05) is 34.6 Å². The van der Waals surface area contributed by atoms with Crippen LogP contribution in [0.5, 0.6) is 0 Å². The first kappa shape index (κ1) is 15.9. The fourth-order valence-corrected chi connectivity index (χ4v) is 2.51. The maximum absolute atomic E-state index is 12.1. The molecule has 0 aromatic heterocycles. The molecular formula is C14H31NO. The largest absolute Gasteiger partial charge is 0.633 e. The first-order valence-corrected chi connectivity index (χ1v) is 6.67. The summed E-state index contributed by atoms with van der Waals surface area (Å²) in [6, 6.07) is 0.258. The Morgan fingerprint density at radius 2 is 1.25 bits per heavy atom. The Labute approximate surface area is 102 Å². The lowest BCUT2D eigenvalue weighted by atomic mass is 9.89. The molecule has 0 saturated heterocycles. The van der Waals surface area contributed by atoms with E-state index in [-0.39, 0.29) is 10.7 Å². The van der Waals surface area contributed by atoms with Crippen molar-refractivity contribution in [2.75, 3.05) is 14.1 Å². The lowest BCUT2D eigenvalue weighted by Crippen LogP contribution is -2.45. The second-order valence-corrected chi connectivity index (χ2v) is 6.69. The Morgan fingerprint density at radius 1 is 0.812 bits per heavy atom. The fraction of sp³-hybridized carbons (Fsp3) is 1.00. The van der Waals surface area contributed by atoms with Crippen molar-refractivity contribution in [2.45, 2.75) is 59.9 Å². The van der Waals surface area contributed by atoms with Crippen LogP contribution in [0.2, 0.25) is 0 Å². The van der Waals surface area contributed by atoms with Gasteiger partial charge in [0, 0.05) is 12.8 Å². The highest BCUT2D eigenvalue weighted by molar-refractivity contribution is 4.67. The van der Waals surface area contributed by atoms with Crippen LogP contribution >= 0.6 is 0 Å². The Bertz CT molecular complexity index is 182. The molecule has 0 aromatic rings. The predicted octanol–water partition coefficient (Wildman–Crippen LogP) is 4.05. The van der Waals surface area contributed by atoms with Gasteiger partial charge in [0.1, 0.15) is 0 Å². The van der Waals surface area contributed by atoms with Gasteiger partial charge in [-0.15, -0.1) is 0 Å². The van der Waals surface area contributed by atoms with Crippen molar-refractivity contribution >= 4 is 0 Å². The summed E-state index contributed by atoms with van der Waals surface area (Å²) in [7, 11) is 3.57. The highest BCUT2D eigenvalue weighted by atomic mass is 16.5. The molecule has 2 unspecified atom stereocenters. The Morgan fingerprint density at radius 3 is 1.56 bits per heavy atom. The SMILES string of the molecule is CC(C)CC(C)CC(CC(C)C)[N+](C)(C)[O-]. The van der Waals surface area contributed by atoms with Gasteiger partial charge < -0.3 is 9.85 Å². The molecule has 0 aromatic carbocycles. The van der Waals surface area contributed by atoms with Crippen molar-refractivity contribution < 1.29 is 4.65 Å². The fourth-order valence-electron chi connectivity index (χ4n) is 2.51. The standard InChI is InChI=1S/C14H31NO/c1-11(2)8-13(5)10-14(9-12(3)4)15(6,7)16/h11-14H,8-10H2,1-7H3. The lowest BCUT2D eigenvalue weighted by molar-refractivity contribution is -0.868. The molecule has 0 saturated carbocycles. The van der Waals surface area contributed by atoms with E-state index in [0.29, 0.717) is 11.8 Å². The van der Waals surface area contributed by atoms with E-state index in [1.807, 2.05) is 0 Å². The second-order valence-electron chi connectivity index (χ2n) is 6.69. The van der Waals surface area contributed by atoms with Gasteiger partial charge in [-0.3, -0.25) is 0 Å². The average molecular weight is 229 g/mol. The van der Waals surface area contributed by atoms with Crippen LogP contribution in [0.1, 0.15) is 53.9 Å². The molecule has 2 heteroatoms. The van der Waals surface area contributed by atoms with Crippen LogP contribution in [-0.2, 0) is 0 Å². The van der Waals surface area contributed by atoms with E-state index < -0.39 is 0 Å². The second kappa shape index (κ2) is 6.61. The van der Waals surface area contributed by atoms with Crippen LogP contribution < -0.4 is 0 Å². The van der Waals surface area contributed by atoms with E-state index in [1.54, 1.807) is 14.1 Å². The van der Waals surface area contributed by atoms with Crippen molar-refractivity contribution in [1.82, 2.24) is 0 Å². The van der Waals surface area contributed by atoms with Gasteiger partial charge in [-0.2, -0.15) is 0 Å². The molecule has 16 heavy (non-hydrogen) atoms. The summed E-state index contributed by atoms with van der Waals surface area (Å²) in [6.45, 7) is 11.2. The highest BCUT2D eigenvalue weighted by Gasteiger charge is 2.24. The topological polar surface area (TPSA) is 23.1 Å². The summed E-state index contributed by atoms with van der Waals surface area (Å²) >= 11 is 0. The first-order chi connectivity index (χ1) is 7.12. The van der Waals surface area contributed by atoms with Crippen LogP contribution in [0.25, 0.3) is 0 Å². The zero-order valence-electron chi connectivity index (χ0n) is 12.3. The minimum Gasteiger partial charge on any atom is -0.633 e. The third kappa shape index (κ3) is 7.24. The van der Waals surface area contributed by atoms with Crippen LogP contribution in [-0.4, -0.2) is 24.8 Å². The molecule has 0 aliphatic rings. The van der Waals surface area contributed by atoms with Crippen LogP contribution in [0.15, 0.2) is 0 Å². The number of rotatable bonds is 7. The lowest BCUT2D eigenvalue weighted by Gasteiger charge is -2.44. The van der Waals surface area contributed by atoms with Crippen molar-refractivity contribution in [3.8, 4) is 0 Å². The van der Waals surface area contributed by atoms with Crippen molar-refractivity contribution in [2.24, 2.45) is 17.8 Å². The van der Waals surface area contributed by atoms with Crippen LogP contribution in [0.3, 0.4) is 0 Å². The number of hydroxylamine groups is 3. The Kier molecular flexibility index (Phi) is 6.57. The minimum absolute atomic E-state index is 0.138. The number of quaternary nitrogens is 1. The molecule has 0 aliphatic carbocycles. The summed E-state index contributed by atoms with van der Waals surface area (Å²) in [5.41, 5.74) is 0. The first-order valence-electron chi connectivity index (χ1n) is 6.67. The predicted molar refractivity (Wildman–Crippen MR) is 72.0 cm³/mol. The summed E-state index contributed by atoms with van der Waals surface area (Å²) < 4.78 is -0.138. The van der Waals surface area contributed by atoms with Crippen LogP contribution in [0.4, 0.5) is 0 Å². The number of hydrogen-bond donors (Lipinski definition) is 0. The maximum Gasteiger partial charge on any atom is 0.0888 e. The van der Waals surface area contributed by atoms with Crippen LogP contribution in [0, 0.1) is 23.0 Å². The van der Waals surface area contributed by atoms with Crippen molar-refractivity contribution in [1.29, 1.82) is 0 Å². The molecule has 0 aliphatic heterocycles. The zero-order chi connectivity index (χ0) is 12.9. The van der Waals surface area contributed by atoms with Gasteiger partial charge in [0.2, 0.25) is 0 Å². The summed E-state index contributed by atoms with van der Waals surface area (Å²) in [5, 5.41) is 12.1. The van der Waals surface area contributed by atoms with E-state index >= 15 is 0 Å². The van der Waals surface area contributed by atoms with E-state index in [9.17, 15) is 5.21 Å². The molecule has 2 atom stereocenters. The summed E-state index contributed by atoms with van der Waals surface area (Å²) in [6.07, 6.45) is 3.33. The van der Waals surface area contributed by atoms with E-state index in [2.05, 4.69) is 34.6 Å². The van der Waals surface area contributed by atoms with Gasteiger partial charge in [-0.05, 0) is 24.2 Å². The third-order valence-corrected chi connectivity index (χ3v) is 3.17. The summed E-state index contributed by atoms with van der Waals surface area (Å²) in [4.78, 5) is 0. The molecule has 0 fully saturated rings. The van der Waals surface area contributed by atoms with Gasteiger partial charge >= 0.3 is 0 Å². The normalized spacial score (nSPS) is 16.9. The monoisotopic (exact) mass is 229 g/mol. The van der Waals surface area contributed by atoms with E-state index in [1.165, 1.54) is 6.42 Å². The molecule has 0 radical (unpaired) electrons. The maximum atomic E-state index is 12.1. The molecule has 0 rings (SSSR count). The van der Waals surface area contributed by atoms with Crippen molar-refractivity contribution in [3.05, 3.63) is 5.21 Å². The Balaban J connectivity index is 4.32. The van der Waals surface area contributed by atoms with E-state index in [4.69, 9.17) is 0 Å². The Hall–Kier alpha value is -0.0800. The number of nitrogens with zero attached hydrogens (tertiary/aromatic N) is 1. The van der Waals surface area contributed by atoms with Crippen molar-refractivity contribution in [3.63, 3.8) is 0 Å². The quantitative estimate of drug-likeness (QED) is 0.477. The average Bonchev–Trinajstić information content (AvgIpc) is 1.98. The highest BCUT2D eigenvalue weighted by Crippen LogP contribution is 2.25. The molecule has 0 N–H and O–H groups in total. The van der Waals surface area contributed by atoms with Gasteiger partial charge in [0.05, 0.1) is 20.1 Å². The van der Waals surface area contributed by atoms with Gasteiger partial charge in [0.25, 0.3) is 0 Å². The van der Waals surface area contributed by atoms with Gasteiger partial charge in [-0.25, -0.2) is 0 Å². The molecule has 0 spiro atoms. The molecular weight excluding hydrogens is 198 g/mol. The molecule has 0 amide bonds. The molecule has 2 nitrogen and oxygen atoms in total. The summed E-state index contributed by atoms with van der Waals surface area (Å²) in [5.74, 6) is 2.01. The molecule has 0 bridgehead atoms. The minimum atomic E-state index is -0.138. The van der Waals surface area contributed by atoms with E-state index in [0.717, 1.165) is 18.8 Å². The smallest absolute Gasteiger partial charge is 0.0888 e. The third-order valence-electron chi connectivity index (χ3n) is 3.17. The molecule has 0 heterocycles. The molecule has 98 valence electrons. The number of hydrogen-bond acceptors (Lipinski definition) is 1.